The molecule has 2 aliphatic rings. The topological polar surface area (TPSA) is 54.0 Å². The van der Waals surface area contributed by atoms with Gasteiger partial charge in [-0.3, -0.25) is 13.6 Å². The molecule has 8 heteroatoms. The Bertz CT molecular complexity index is 2160. The molecule has 6 aromatic carbocycles. The van der Waals surface area contributed by atoms with Crippen molar-refractivity contribution in [1.29, 1.82) is 0 Å². The Morgan fingerprint density at radius 3 is 1.30 bits per heavy atom. The Morgan fingerprint density at radius 2 is 0.929 bits per heavy atom. The molecule has 284 valence electrons. The van der Waals surface area contributed by atoms with Crippen LogP contribution in [0.25, 0.3) is 22.3 Å². The standard InChI is InChI=1S/C48H46IO5PSi/c1-48(2,3)56(36-18-6-4-7-19-36,37-20-8-5-9-21-37)54-32-35(49)30-31-51-55(50,52-33-46-42-26-14-10-22-38(42)39-23-11-15-27-43(39)46)53-34-47-44-28-16-12-24-40(44)41-25-13-17-29-45(41)47/h4-30,46-47H,31-34H2,1-3H3. The van der Waals surface area contributed by atoms with Gasteiger partial charge < -0.3 is 4.43 Å². The Labute approximate surface area is 345 Å². The Balaban J connectivity index is 1.04. The molecule has 8 rings (SSSR count). The van der Waals surface area contributed by atoms with Crippen molar-refractivity contribution >= 4 is 49.1 Å². The lowest BCUT2D eigenvalue weighted by Crippen LogP contribution is -2.66. The van der Waals surface area contributed by atoms with Gasteiger partial charge in [0.1, 0.15) is 0 Å². The van der Waals surface area contributed by atoms with Gasteiger partial charge in [0.2, 0.25) is 0 Å². The maximum Gasteiger partial charge on any atom is 0.475 e. The number of rotatable bonds is 14. The number of phosphoric acid groups is 1. The van der Waals surface area contributed by atoms with Crippen molar-refractivity contribution in [3.8, 4) is 22.3 Å². The van der Waals surface area contributed by atoms with Gasteiger partial charge in [0, 0.05) is 15.4 Å². The van der Waals surface area contributed by atoms with E-state index in [1.165, 1.54) is 32.6 Å². The molecule has 56 heavy (non-hydrogen) atoms. The molecule has 0 saturated carbocycles. The summed E-state index contributed by atoms with van der Waals surface area (Å²) in [6.45, 7) is 7.54. The van der Waals surface area contributed by atoms with Gasteiger partial charge in [-0.2, -0.15) is 0 Å². The van der Waals surface area contributed by atoms with Gasteiger partial charge in [0.15, 0.2) is 0 Å². The first kappa shape index (κ1) is 38.9. The second-order valence-electron chi connectivity index (χ2n) is 15.4. The van der Waals surface area contributed by atoms with E-state index in [9.17, 15) is 4.57 Å². The highest BCUT2D eigenvalue weighted by atomic mass is 127. The van der Waals surface area contributed by atoms with Crippen LogP contribution in [-0.2, 0) is 22.6 Å². The maximum absolute atomic E-state index is 14.9. The largest absolute Gasteiger partial charge is 0.475 e. The van der Waals surface area contributed by atoms with Gasteiger partial charge in [-0.15, -0.1) is 0 Å². The lowest BCUT2D eigenvalue weighted by Gasteiger charge is -2.43. The van der Waals surface area contributed by atoms with Gasteiger partial charge in [-0.05, 0) is 88.6 Å². The van der Waals surface area contributed by atoms with Gasteiger partial charge >= 0.3 is 7.82 Å². The smallest absolute Gasteiger partial charge is 0.403 e. The molecular weight excluding hydrogens is 842 g/mol. The van der Waals surface area contributed by atoms with Crippen LogP contribution in [-0.4, -0.2) is 34.7 Å². The normalized spacial score (nSPS) is 14.3. The molecular formula is C48H46IO5PSi. The molecule has 0 radical (unpaired) electrons. The molecule has 6 aromatic rings. The van der Waals surface area contributed by atoms with Crippen LogP contribution < -0.4 is 10.4 Å². The summed E-state index contributed by atoms with van der Waals surface area (Å²) < 4.78 is 41.9. The second-order valence-corrected chi connectivity index (χ2v) is 22.8. The van der Waals surface area contributed by atoms with Crippen molar-refractivity contribution in [2.24, 2.45) is 0 Å². The zero-order chi connectivity index (χ0) is 38.8. The molecule has 0 unspecified atom stereocenters. The van der Waals surface area contributed by atoms with Crippen LogP contribution in [0.2, 0.25) is 5.04 Å². The molecule has 0 atom stereocenters. The van der Waals surface area contributed by atoms with Crippen LogP contribution in [0, 0.1) is 0 Å². The summed E-state index contributed by atoms with van der Waals surface area (Å²) in [5, 5.41) is 2.28. The molecule has 0 heterocycles. The van der Waals surface area contributed by atoms with Gasteiger partial charge in [-0.1, -0.05) is 178 Å². The van der Waals surface area contributed by atoms with E-state index >= 15 is 0 Å². The highest BCUT2D eigenvalue weighted by Gasteiger charge is 2.50. The van der Waals surface area contributed by atoms with Crippen molar-refractivity contribution in [1.82, 2.24) is 0 Å². The minimum Gasteiger partial charge on any atom is -0.403 e. The van der Waals surface area contributed by atoms with E-state index in [4.69, 9.17) is 18.0 Å². The lowest BCUT2D eigenvalue weighted by atomic mass is 9.98. The second kappa shape index (κ2) is 16.5. The third kappa shape index (κ3) is 7.59. The molecule has 0 N–H and O–H groups in total. The number of fused-ring (bicyclic) bond motifs is 6. The molecule has 0 spiro atoms. The summed E-state index contributed by atoms with van der Waals surface area (Å²) in [6.07, 6.45) is 1.93. The van der Waals surface area contributed by atoms with E-state index in [2.05, 4.69) is 165 Å². The zero-order valence-corrected chi connectivity index (χ0v) is 36.0. The monoisotopic (exact) mass is 888 g/mol. The van der Waals surface area contributed by atoms with Gasteiger partial charge in [-0.25, -0.2) is 4.57 Å². The molecule has 2 aliphatic carbocycles. The lowest BCUT2D eigenvalue weighted by molar-refractivity contribution is 0.117. The molecule has 0 fully saturated rings. The average molecular weight is 889 g/mol. The number of halogens is 1. The fourth-order valence-corrected chi connectivity index (χ4v) is 14.8. The number of phosphoric ester groups is 1. The van der Waals surface area contributed by atoms with E-state index in [0.29, 0.717) is 6.61 Å². The van der Waals surface area contributed by atoms with Gasteiger partial charge in [0.25, 0.3) is 8.32 Å². The first-order valence-electron chi connectivity index (χ1n) is 19.2. The molecule has 5 nitrogen and oxygen atoms in total. The number of hydrogen-bond donors (Lipinski definition) is 0. The third-order valence-electron chi connectivity index (χ3n) is 11.1. The van der Waals surface area contributed by atoms with Crippen LogP contribution in [0.3, 0.4) is 0 Å². The fourth-order valence-electron chi connectivity index (χ4n) is 8.54. The Kier molecular flexibility index (Phi) is 11.5. The minimum atomic E-state index is -4.08. The molecule has 0 bridgehead atoms. The predicted molar refractivity (Wildman–Crippen MR) is 239 cm³/mol. The third-order valence-corrected chi connectivity index (χ3v) is 18.2. The van der Waals surface area contributed by atoms with E-state index in [1.54, 1.807) is 0 Å². The quantitative estimate of drug-likeness (QED) is 0.0620. The fraction of sp³-hybridized carbons (Fsp3) is 0.208. The van der Waals surface area contributed by atoms with E-state index in [-0.39, 0.29) is 36.7 Å². The molecule has 0 aromatic heterocycles. The van der Waals surface area contributed by atoms with Crippen LogP contribution in [0.4, 0.5) is 0 Å². The highest BCUT2D eigenvalue weighted by molar-refractivity contribution is 14.1. The molecule has 0 amide bonds. The average Bonchev–Trinajstić information content (AvgIpc) is 3.72. The highest BCUT2D eigenvalue weighted by Crippen LogP contribution is 2.55. The van der Waals surface area contributed by atoms with Crippen molar-refractivity contribution in [3.05, 3.63) is 190 Å². The molecule has 0 aliphatic heterocycles. The predicted octanol–water partition coefficient (Wildman–Crippen LogP) is 11.7. The zero-order valence-electron chi connectivity index (χ0n) is 31.9. The van der Waals surface area contributed by atoms with Gasteiger partial charge in [0.05, 0.1) is 26.4 Å². The number of hydrogen-bond acceptors (Lipinski definition) is 5. The summed E-state index contributed by atoms with van der Waals surface area (Å²) in [5.41, 5.74) is 9.28. The Morgan fingerprint density at radius 1 is 0.571 bits per heavy atom. The summed E-state index contributed by atoms with van der Waals surface area (Å²) in [7, 11) is -6.83. The van der Waals surface area contributed by atoms with Crippen LogP contribution in [0.1, 0.15) is 54.9 Å². The summed E-state index contributed by atoms with van der Waals surface area (Å²) in [5.74, 6) is -0.210. The first-order valence-corrected chi connectivity index (χ1v) is 23.6. The van der Waals surface area contributed by atoms with E-state index in [0.717, 1.165) is 25.8 Å². The first-order chi connectivity index (χ1) is 27.2. The summed E-state index contributed by atoms with van der Waals surface area (Å²) >= 11 is 2.31. The van der Waals surface area contributed by atoms with Crippen LogP contribution in [0.5, 0.6) is 0 Å². The van der Waals surface area contributed by atoms with Crippen LogP contribution in [0.15, 0.2) is 167 Å². The summed E-state index contributed by atoms with van der Waals surface area (Å²) in [6, 6.07) is 54.7. The molecule has 0 saturated heterocycles. The van der Waals surface area contributed by atoms with Crippen LogP contribution >= 0.6 is 30.4 Å². The Hall–Kier alpha value is -3.92. The van der Waals surface area contributed by atoms with Crippen molar-refractivity contribution in [3.63, 3.8) is 0 Å². The number of benzene rings is 6. The minimum absolute atomic E-state index is 0.0370. The van der Waals surface area contributed by atoms with E-state index in [1.807, 2.05) is 42.5 Å². The maximum atomic E-state index is 14.9. The summed E-state index contributed by atoms with van der Waals surface area (Å²) in [4.78, 5) is 0. The van der Waals surface area contributed by atoms with Crippen molar-refractivity contribution < 1.29 is 22.6 Å². The van der Waals surface area contributed by atoms with Crippen molar-refractivity contribution in [2.45, 2.75) is 37.6 Å². The van der Waals surface area contributed by atoms with E-state index < -0.39 is 16.1 Å². The van der Waals surface area contributed by atoms with Crippen molar-refractivity contribution in [2.75, 3.05) is 26.4 Å². The SMILES string of the molecule is CC(C)(C)[Si](OCC(I)=CCOP(=O)(OCC1c2ccccc2-c2ccccc21)OCC1c2ccccc2-c2ccccc21)(c1ccccc1)c1ccccc1.